The second kappa shape index (κ2) is 4.73. The summed E-state index contributed by atoms with van der Waals surface area (Å²) in [4.78, 5) is 0. The fraction of sp³-hybridized carbons (Fsp3) is 0.333. The first-order chi connectivity index (χ1) is 5.74. The van der Waals surface area contributed by atoms with Gasteiger partial charge in [0.2, 0.25) is 0 Å². The second-order valence-corrected chi connectivity index (χ2v) is 3.81. The number of halogens is 2. The molecule has 1 aromatic carbocycles. The van der Waals surface area contributed by atoms with Crippen LogP contribution in [0.2, 0.25) is 0 Å². The highest BCUT2D eigenvalue weighted by Crippen LogP contribution is 2.20. The maximum Gasteiger partial charge on any atom is 0.0396 e. The summed E-state index contributed by atoms with van der Waals surface area (Å²) in [5.41, 5.74) is 2.35. The molecule has 1 nitrogen and oxygen atoms in total. The smallest absolute Gasteiger partial charge is 0.0396 e. The molecule has 1 N–H and O–H groups in total. The zero-order valence-corrected chi connectivity index (χ0v) is 9.24. The summed E-state index contributed by atoms with van der Waals surface area (Å²) in [5, 5.41) is 3.20. The minimum Gasteiger partial charge on any atom is -0.384 e. The molecule has 0 fully saturated rings. The molecule has 0 amide bonds. The molecule has 66 valence electrons. The van der Waals surface area contributed by atoms with Gasteiger partial charge in [0.05, 0.1) is 0 Å². The van der Waals surface area contributed by atoms with Crippen LogP contribution in [0, 0.1) is 6.92 Å². The van der Waals surface area contributed by atoms with Crippen molar-refractivity contribution in [3.05, 3.63) is 28.2 Å². The van der Waals surface area contributed by atoms with Crippen molar-refractivity contribution in [3.63, 3.8) is 0 Å². The van der Waals surface area contributed by atoms with Crippen molar-refractivity contribution in [2.75, 3.05) is 17.7 Å². The van der Waals surface area contributed by atoms with Gasteiger partial charge >= 0.3 is 0 Å². The summed E-state index contributed by atoms with van der Waals surface area (Å²) in [6.07, 6.45) is 0. The molecule has 0 aromatic heterocycles. The van der Waals surface area contributed by atoms with Gasteiger partial charge in [-0.3, -0.25) is 0 Å². The Hall–Kier alpha value is -0.210. The molecule has 0 unspecified atom stereocenters. The van der Waals surface area contributed by atoms with E-state index in [9.17, 15) is 0 Å². The lowest BCUT2D eigenvalue weighted by Crippen LogP contribution is -2.01. The molecule has 0 aliphatic heterocycles. The van der Waals surface area contributed by atoms with E-state index in [0.29, 0.717) is 5.88 Å². The number of rotatable bonds is 3. The van der Waals surface area contributed by atoms with Crippen molar-refractivity contribution in [2.45, 2.75) is 6.92 Å². The highest BCUT2D eigenvalue weighted by Gasteiger charge is 1.95. The Labute approximate surface area is 86.2 Å². The number of aryl methyl sites for hydroxylation is 1. The molecule has 3 heteroatoms. The molecular formula is C9H11BrClN. The molecule has 0 radical (unpaired) electrons. The van der Waals surface area contributed by atoms with Crippen molar-refractivity contribution in [1.29, 1.82) is 0 Å². The number of alkyl halides is 1. The van der Waals surface area contributed by atoms with Gasteiger partial charge in [-0.1, -0.05) is 22.0 Å². The molecular weight excluding hydrogens is 237 g/mol. The SMILES string of the molecule is Cc1ccc(NCCCl)cc1Br. The van der Waals surface area contributed by atoms with E-state index in [0.717, 1.165) is 16.7 Å². The molecule has 0 atom stereocenters. The van der Waals surface area contributed by atoms with Crippen LogP contribution < -0.4 is 5.32 Å². The van der Waals surface area contributed by atoms with Crippen LogP contribution in [0.15, 0.2) is 22.7 Å². The maximum atomic E-state index is 5.55. The summed E-state index contributed by atoms with van der Waals surface area (Å²) in [6.45, 7) is 2.87. The lowest BCUT2D eigenvalue weighted by atomic mass is 10.2. The van der Waals surface area contributed by atoms with Gasteiger partial charge in [-0.15, -0.1) is 11.6 Å². The lowest BCUT2D eigenvalue weighted by Gasteiger charge is -2.05. The van der Waals surface area contributed by atoms with Crippen LogP contribution in [0.3, 0.4) is 0 Å². The van der Waals surface area contributed by atoms with Crippen LogP contribution in [-0.2, 0) is 0 Å². The molecule has 0 spiro atoms. The number of benzene rings is 1. The molecule has 0 saturated heterocycles. The average Bonchev–Trinajstić information content (AvgIpc) is 2.07. The van der Waals surface area contributed by atoms with E-state index in [2.05, 4.69) is 40.3 Å². The maximum absolute atomic E-state index is 5.55. The minimum absolute atomic E-state index is 0.630. The third-order valence-corrected chi connectivity index (χ3v) is 2.64. The summed E-state index contributed by atoms with van der Waals surface area (Å²) in [6, 6.07) is 6.18. The van der Waals surface area contributed by atoms with Crippen molar-refractivity contribution in [3.8, 4) is 0 Å². The van der Waals surface area contributed by atoms with Crippen LogP contribution in [0.1, 0.15) is 5.56 Å². The molecule has 0 saturated carbocycles. The zero-order chi connectivity index (χ0) is 8.97. The monoisotopic (exact) mass is 247 g/mol. The predicted octanol–water partition coefficient (Wildman–Crippen LogP) is 3.41. The Morgan fingerprint density at radius 2 is 2.25 bits per heavy atom. The minimum atomic E-state index is 0.630. The van der Waals surface area contributed by atoms with Crippen molar-refractivity contribution >= 4 is 33.2 Å². The average molecular weight is 249 g/mol. The molecule has 0 heterocycles. The Balaban J connectivity index is 2.69. The molecule has 0 aliphatic carbocycles. The van der Waals surface area contributed by atoms with E-state index in [-0.39, 0.29) is 0 Å². The van der Waals surface area contributed by atoms with Crippen molar-refractivity contribution in [1.82, 2.24) is 0 Å². The largest absolute Gasteiger partial charge is 0.384 e. The van der Waals surface area contributed by atoms with E-state index >= 15 is 0 Å². The van der Waals surface area contributed by atoms with Gasteiger partial charge in [-0.2, -0.15) is 0 Å². The molecule has 0 bridgehead atoms. The van der Waals surface area contributed by atoms with Crippen molar-refractivity contribution < 1.29 is 0 Å². The standard InChI is InChI=1S/C9H11BrClN/c1-7-2-3-8(6-9(7)10)12-5-4-11/h2-3,6,12H,4-5H2,1H3. The Bertz CT molecular complexity index is 263. The van der Waals surface area contributed by atoms with Gasteiger partial charge < -0.3 is 5.32 Å². The normalized spacial score (nSPS) is 9.92. The van der Waals surface area contributed by atoms with Crippen molar-refractivity contribution in [2.24, 2.45) is 0 Å². The predicted molar refractivity (Wildman–Crippen MR) is 58.1 cm³/mol. The quantitative estimate of drug-likeness (QED) is 0.809. The molecule has 0 aliphatic rings. The second-order valence-electron chi connectivity index (χ2n) is 2.58. The first-order valence-corrected chi connectivity index (χ1v) is 5.13. The first-order valence-electron chi connectivity index (χ1n) is 3.80. The number of hydrogen-bond acceptors (Lipinski definition) is 1. The molecule has 1 aromatic rings. The summed E-state index contributed by atoms with van der Waals surface area (Å²) in [7, 11) is 0. The fourth-order valence-electron chi connectivity index (χ4n) is 0.894. The summed E-state index contributed by atoms with van der Waals surface area (Å²) >= 11 is 9.01. The Kier molecular flexibility index (Phi) is 3.89. The van der Waals surface area contributed by atoms with Gasteiger partial charge in [-0.25, -0.2) is 0 Å². The third-order valence-electron chi connectivity index (χ3n) is 1.60. The van der Waals surface area contributed by atoms with Gasteiger partial charge in [0.1, 0.15) is 0 Å². The number of anilines is 1. The molecule has 1 rings (SSSR count). The van der Waals surface area contributed by atoms with Crippen LogP contribution >= 0.6 is 27.5 Å². The van der Waals surface area contributed by atoms with E-state index < -0.39 is 0 Å². The first kappa shape index (κ1) is 9.87. The number of nitrogens with one attached hydrogen (secondary N) is 1. The van der Waals surface area contributed by atoms with Gasteiger partial charge in [0.25, 0.3) is 0 Å². The van der Waals surface area contributed by atoms with E-state index in [4.69, 9.17) is 11.6 Å². The van der Waals surface area contributed by atoms with E-state index in [1.54, 1.807) is 0 Å². The van der Waals surface area contributed by atoms with E-state index in [1.807, 2.05) is 6.07 Å². The van der Waals surface area contributed by atoms with E-state index in [1.165, 1.54) is 5.56 Å². The lowest BCUT2D eigenvalue weighted by molar-refractivity contribution is 1.22. The Morgan fingerprint density at radius 1 is 1.50 bits per heavy atom. The Morgan fingerprint density at radius 3 is 2.83 bits per heavy atom. The van der Waals surface area contributed by atoms with Gasteiger partial charge in [0, 0.05) is 22.6 Å². The zero-order valence-electron chi connectivity index (χ0n) is 6.90. The molecule has 12 heavy (non-hydrogen) atoms. The van der Waals surface area contributed by atoms with Crippen LogP contribution in [-0.4, -0.2) is 12.4 Å². The highest BCUT2D eigenvalue weighted by molar-refractivity contribution is 9.10. The third kappa shape index (κ3) is 2.68. The van der Waals surface area contributed by atoms with Gasteiger partial charge in [0.15, 0.2) is 0 Å². The van der Waals surface area contributed by atoms with Crippen LogP contribution in [0.4, 0.5) is 5.69 Å². The number of hydrogen-bond donors (Lipinski definition) is 1. The fourth-order valence-corrected chi connectivity index (χ4v) is 1.37. The van der Waals surface area contributed by atoms with Gasteiger partial charge in [-0.05, 0) is 24.6 Å². The topological polar surface area (TPSA) is 12.0 Å². The summed E-state index contributed by atoms with van der Waals surface area (Å²) in [5.74, 6) is 0.630. The van der Waals surface area contributed by atoms with Crippen LogP contribution in [0.25, 0.3) is 0 Å². The van der Waals surface area contributed by atoms with Crippen LogP contribution in [0.5, 0.6) is 0 Å². The highest BCUT2D eigenvalue weighted by atomic mass is 79.9. The summed E-state index contributed by atoms with van der Waals surface area (Å²) < 4.78 is 1.13.